The van der Waals surface area contributed by atoms with E-state index in [9.17, 15) is 4.79 Å². The Balaban J connectivity index is 0.00000128. The van der Waals surface area contributed by atoms with Crippen LogP contribution in [0.3, 0.4) is 0 Å². The Bertz CT molecular complexity index is 369. The maximum atomic E-state index is 12.1. The van der Waals surface area contributed by atoms with Gasteiger partial charge in [-0.15, -0.1) is 35.5 Å². The lowest BCUT2D eigenvalue weighted by molar-refractivity contribution is 0.0792. The highest BCUT2D eigenvalue weighted by Crippen LogP contribution is 2.27. The van der Waals surface area contributed by atoms with Gasteiger partial charge in [0.2, 0.25) is 0 Å². The molecule has 1 saturated heterocycles. The van der Waals surface area contributed by atoms with Gasteiger partial charge in [-0.05, 0) is 24.1 Å². The van der Waals surface area contributed by atoms with Crippen LogP contribution >= 0.6 is 35.5 Å². The zero-order valence-corrected chi connectivity index (χ0v) is 11.5. The van der Waals surface area contributed by atoms with Crippen molar-refractivity contribution in [2.45, 2.75) is 17.4 Å². The monoisotopic (exact) mass is 278 g/mol. The van der Waals surface area contributed by atoms with Crippen molar-refractivity contribution in [2.75, 3.05) is 19.3 Å². The van der Waals surface area contributed by atoms with Crippen molar-refractivity contribution in [1.82, 2.24) is 4.90 Å². The zero-order valence-electron chi connectivity index (χ0n) is 9.01. The van der Waals surface area contributed by atoms with E-state index < -0.39 is 0 Å². The summed E-state index contributed by atoms with van der Waals surface area (Å²) in [5.41, 5.74) is 5.79. The van der Waals surface area contributed by atoms with E-state index in [4.69, 9.17) is 5.73 Å². The zero-order chi connectivity index (χ0) is 10.8. The molecule has 3 nitrogen and oxygen atoms in total. The Kier molecular flexibility index (Phi) is 5.11. The molecule has 6 heteroatoms. The molecular weight excluding hydrogens is 264 g/mol. The second-order valence-corrected chi connectivity index (χ2v) is 5.38. The van der Waals surface area contributed by atoms with E-state index in [0.29, 0.717) is 6.54 Å². The van der Waals surface area contributed by atoms with Crippen LogP contribution in [0.15, 0.2) is 16.3 Å². The third-order valence-electron chi connectivity index (χ3n) is 2.56. The van der Waals surface area contributed by atoms with Crippen molar-refractivity contribution < 1.29 is 4.79 Å². The first-order valence-corrected chi connectivity index (χ1v) is 6.99. The Morgan fingerprint density at radius 2 is 2.44 bits per heavy atom. The van der Waals surface area contributed by atoms with E-state index in [1.807, 2.05) is 22.6 Å². The molecule has 1 amide bonds. The third-order valence-corrected chi connectivity index (χ3v) is 4.37. The summed E-state index contributed by atoms with van der Waals surface area (Å²) in [6, 6.07) is 2.16. The average Bonchev–Trinajstić information content (AvgIpc) is 2.84. The lowest BCUT2D eigenvalue weighted by Crippen LogP contribution is -2.31. The Hall–Kier alpha value is -0.230. The minimum absolute atomic E-state index is 0. The summed E-state index contributed by atoms with van der Waals surface area (Å²) in [6.07, 6.45) is 2.92. The summed E-state index contributed by atoms with van der Waals surface area (Å²) in [7, 11) is 0. The lowest BCUT2D eigenvalue weighted by Gasteiger charge is -2.15. The van der Waals surface area contributed by atoms with E-state index in [1.54, 1.807) is 11.8 Å². The van der Waals surface area contributed by atoms with Crippen LogP contribution in [0.25, 0.3) is 0 Å². The van der Waals surface area contributed by atoms with Crippen molar-refractivity contribution in [2.24, 2.45) is 5.73 Å². The van der Waals surface area contributed by atoms with Crippen molar-refractivity contribution in [3.8, 4) is 0 Å². The molecule has 2 heterocycles. The van der Waals surface area contributed by atoms with Crippen LogP contribution in [-0.4, -0.2) is 36.2 Å². The number of nitrogens with zero attached hydrogens (tertiary/aromatic N) is 1. The number of amides is 1. The predicted octanol–water partition coefficient (Wildman–Crippen LogP) is 2.07. The number of carbonyl (C=O) groups is 1. The van der Waals surface area contributed by atoms with Gasteiger partial charge in [-0.1, -0.05) is 0 Å². The average molecular weight is 279 g/mol. The molecule has 0 aromatic carbocycles. The van der Waals surface area contributed by atoms with E-state index in [2.05, 4.69) is 0 Å². The van der Waals surface area contributed by atoms with Crippen molar-refractivity contribution in [1.29, 1.82) is 0 Å². The van der Waals surface area contributed by atoms with Crippen molar-refractivity contribution in [3.63, 3.8) is 0 Å². The van der Waals surface area contributed by atoms with Gasteiger partial charge in [-0.2, -0.15) is 0 Å². The fraction of sp³-hybridized carbons (Fsp3) is 0.500. The highest BCUT2D eigenvalue weighted by molar-refractivity contribution is 7.98. The molecule has 0 saturated carbocycles. The number of thioether (sulfide) groups is 1. The molecule has 1 fully saturated rings. The molecule has 1 aliphatic rings. The largest absolute Gasteiger partial charge is 0.336 e. The Morgan fingerprint density at radius 3 is 3.00 bits per heavy atom. The maximum absolute atomic E-state index is 12.1. The molecule has 0 radical (unpaired) electrons. The summed E-state index contributed by atoms with van der Waals surface area (Å²) >= 11 is 3.14. The van der Waals surface area contributed by atoms with E-state index in [-0.39, 0.29) is 24.4 Å². The minimum Gasteiger partial charge on any atom is -0.336 e. The van der Waals surface area contributed by atoms with Crippen LogP contribution in [0.5, 0.6) is 0 Å². The molecule has 16 heavy (non-hydrogen) atoms. The predicted molar refractivity (Wildman–Crippen MR) is 71.8 cm³/mol. The number of carbonyl (C=O) groups excluding carboxylic acids is 1. The third kappa shape index (κ3) is 2.71. The van der Waals surface area contributed by atoms with Crippen LogP contribution in [0.2, 0.25) is 0 Å². The van der Waals surface area contributed by atoms with Gasteiger partial charge in [0.1, 0.15) is 4.88 Å². The minimum atomic E-state index is 0. The summed E-state index contributed by atoms with van der Waals surface area (Å²) < 4.78 is 0. The van der Waals surface area contributed by atoms with E-state index in [0.717, 1.165) is 22.7 Å². The number of halogens is 1. The van der Waals surface area contributed by atoms with Crippen LogP contribution < -0.4 is 5.73 Å². The van der Waals surface area contributed by atoms with Gasteiger partial charge in [0.15, 0.2) is 0 Å². The second kappa shape index (κ2) is 5.91. The van der Waals surface area contributed by atoms with E-state index in [1.165, 1.54) is 11.3 Å². The molecule has 2 rings (SSSR count). The lowest BCUT2D eigenvalue weighted by atomic mass is 10.3. The topological polar surface area (TPSA) is 46.3 Å². The van der Waals surface area contributed by atoms with Gasteiger partial charge >= 0.3 is 0 Å². The van der Waals surface area contributed by atoms with Crippen LogP contribution in [0, 0.1) is 0 Å². The SMILES string of the molecule is CSc1ccsc1C(=O)N1CCC(N)C1.Cl. The first kappa shape index (κ1) is 13.8. The number of hydrogen-bond donors (Lipinski definition) is 1. The summed E-state index contributed by atoms with van der Waals surface area (Å²) in [4.78, 5) is 15.9. The highest BCUT2D eigenvalue weighted by Gasteiger charge is 2.26. The number of likely N-dealkylation sites (tertiary alicyclic amines) is 1. The van der Waals surface area contributed by atoms with E-state index >= 15 is 0 Å². The second-order valence-electron chi connectivity index (χ2n) is 3.62. The van der Waals surface area contributed by atoms with Crippen LogP contribution in [-0.2, 0) is 0 Å². The fourth-order valence-corrected chi connectivity index (χ4v) is 3.44. The Labute approximate surface area is 110 Å². The first-order chi connectivity index (χ1) is 7.22. The smallest absolute Gasteiger partial charge is 0.265 e. The fourth-order valence-electron chi connectivity index (χ4n) is 1.73. The quantitative estimate of drug-likeness (QED) is 0.843. The van der Waals surface area contributed by atoms with Gasteiger partial charge in [0, 0.05) is 24.0 Å². The van der Waals surface area contributed by atoms with Crippen LogP contribution in [0.1, 0.15) is 16.1 Å². The standard InChI is InChI=1S/C10H14N2OS2.ClH/c1-14-8-3-5-15-9(8)10(13)12-4-2-7(11)6-12;/h3,5,7H,2,4,6,11H2,1H3;1H. The number of hydrogen-bond acceptors (Lipinski definition) is 4. The number of rotatable bonds is 2. The van der Waals surface area contributed by atoms with Gasteiger partial charge in [0.25, 0.3) is 5.91 Å². The molecule has 1 unspecified atom stereocenters. The van der Waals surface area contributed by atoms with Crippen molar-refractivity contribution >= 4 is 41.4 Å². The number of nitrogens with two attached hydrogens (primary N) is 1. The molecule has 0 bridgehead atoms. The summed E-state index contributed by atoms with van der Waals surface area (Å²) in [6.45, 7) is 1.50. The molecule has 1 aromatic rings. The maximum Gasteiger partial charge on any atom is 0.265 e. The summed E-state index contributed by atoms with van der Waals surface area (Å²) in [5, 5.41) is 1.97. The molecule has 1 aromatic heterocycles. The van der Waals surface area contributed by atoms with Gasteiger partial charge in [0.05, 0.1) is 0 Å². The van der Waals surface area contributed by atoms with Gasteiger partial charge in [-0.25, -0.2) is 0 Å². The molecule has 0 spiro atoms. The number of thiophene rings is 1. The van der Waals surface area contributed by atoms with Crippen LogP contribution in [0.4, 0.5) is 0 Å². The van der Waals surface area contributed by atoms with Gasteiger partial charge in [-0.3, -0.25) is 4.79 Å². The molecule has 0 aliphatic carbocycles. The molecule has 1 aliphatic heterocycles. The van der Waals surface area contributed by atoms with Gasteiger partial charge < -0.3 is 10.6 Å². The Morgan fingerprint density at radius 1 is 1.69 bits per heavy atom. The normalized spacial score (nSPS) is 19.6. The highest BCUT2D eigenvalue weighted by atomic mass is 35.5. The first-order valence-electron chi connectivity index (χ1n) is 4.88. The molecular formula is C10H15ClN2OS2. The molecule has 2 N–H and O–H groups in total. The molecule has 90 valence electrons. The summed E-state index contributed by atoms with van der Waals surface area (Å²) in [5.74, 6) is 0.141. The van der Waals surface area contributed by atoms with Crippen molar-refractivity contribution in [3.05, 3.63) is 16.3 Å². The molecule has 1 atom stereocenters.